The lowest BCUT2D eigenvalue weighted by Crippen LogP contribution is -2.37. The van der Waals surface area contributed by atoms with E-state index in [2.05, 4.69) is 190 Å². The summed E-state index contributed by atoms with van der Waals surface area (Å²) in [7, 11) is 0. The van der Waals surface area contributed by atoms with Crippen molar-refractivity contribution in [3.05, 3.63) is 184 Å². The molecule has 0 spiro atoms. The summed E-state index contributed by atoms with van der Waals surface area (Å²) in [6.45, 7) is 44.3. The van der Waals surface area contributed by atoms with E-state index in [-0.39, 0.29) is 23.6 Å². The minimum absolute atomic E-state index is 0.0446. The first-order chi connectivity index (χ1) is 27.6. The molecule has 0 saturated carbocycles. The molecule has 0 amide bonds. The van der Waals surface area contributed by atoms with Crippen LogP contribution >= 0.6 is 0 Å². The summed E-state index contributed by atoms with van der Waals surface area (Å²) in [5.74, 6) is 0.752. The molecule has 0 aliphatic carbocycles. The molecular formula is C55H72N2O. The predicted octanol–water partition coefficient (Wildman–Crippen LogP) is 13.5. The topological polar surface area (TPSA) is 44.3 Å². The van der Waals surface area contributed by atoms with Crippen LogP contribution < -0.4 is 21.1 Å². The standard InChI is InChI=1S/C55H72N2O/c1-15-21-53(52(17-3)41(11)26-29-48(37(4)5)34-49-23-19-18-22-40(49)10)54(38(6)7)32-42(12)55(39(8)9)57-43(13)36-56-51-25-20-24-50(35-51)47-30-27-45(28-31-47)33-46(16-2)44(14)58/h15,18-25,27-28,30-31,34-35,39,46,54-58H,6,10-14,16-17,26,29,32-33,36H2,1-5,7-9H3/b21-15-,49-34-,53-52+. The molecule has 0 aliphatic heterocycles. The molecule has 0 aliphatic rings. The largest absolute Gasteiger partial charge is 0.513 e. The fraction of sp³-hybridized carbons (Fsp3) is 0.345. The highest BCUT2D eigenvalue weighted by Gasteiger charge is 2.24. The van der Waals surface area contributed by atoms with Gasteiger partial charge in [0.1, 0.15) is 0 Å². The van der Waals surface area contributed by atoms with Crippen molar-refractivity contribution in [3.8, 4) is 11.1 Å². The van der Waals surface area contributed by atoms with Crippen LogP contribution in [0.3, 0.4) is 0 Å². The normalized spacial score (nSPS) is 13.7. The van der Waals surface area contributed by atoms with Crippen LogP contribution in [-0.4, -0.2) is 17.7 Å². The maximum atomic E-state index is 9.91. The molecule has 0 saturated heterocycles. The Bertz CT molecular complexity index is 2120. The van der Waals surface area contributed by atoms with Crippen molar-refractivity contribution < 1.29 is 5.11 Å². The van der Waals surface area contributed by atoms with Gasteiger partial charge in [-0.05, 0) is 128 Å². The Hall–Kier alpha value is -5.28. The van der Waals surface area contributed by atoms with Crippen molar-refractivity contribution in [2.75, 3.05) is 11.9 Å². The Kier molecular flexibility index (Phi) is 18.8. The maximum Gasteiger partial charge on any atom is 0.0885 e. The van der Waals surface area contributed by atoms with Crippen molar-refractivity contribution in [2.45, 2.75) is 100.0 Å². The van der Waals surface area contributed by atoms with Crippen LogP contribution in [0, 0.1) is 17.8 Å². The van der Waals surface area contributed by atoms with E-state index < -0.39 is 0 Å². The third kappa shape index (κ3) is 14.0. The number of aliphatic hydroxyl groups excluding tert-OH is 1. The van der Waals surface area contributed by atoms with Gasteiger partial charge >= 0.3 is 0 Å². The van der Waals surface area contributed by atoms with Gasteiger partial charge in [0.15, 0.2) is 0 Å². The molecule has 3 aromatic carbocycles. The lowest BCUT2D eigenvalue weighted by atomic mass is 9.79. The van der Waals surface area contributed by atoms with Crippen molar-refractivity contribution in [1.82, 2.24) is 5.32 Å². The smallest absolute Gasteiger partial charge is 0.0885 e. The van der Waals surface area contributed by atoms with Gasteiger partial charge < -0.3 is 15.7 Å². The average Bonchev–Trinajstić information content (AvgIpc) is 3.19. The number of hydrogen-bond acceptors (Lipinski definition) is 3. The average molecular weight is 777 g/mol. The molecule has 3 heteroatoms. The summed E-state index contributed by atoms with van der Waals surface area (Å²) in [6, 6.07) is 25.4. The summed E-state index contributed by atoms with van der Waals surface area (Å²) in [6.07, 6.45) is 11.8. The Morgan fingerprint density at radius 3 is 2.10 bits per heavy atom. The molecule has 0 bridgehead atoms. The highest BCUT2D eigenvalue weighted by molar-refractivity contribution is 5.68. The molecule has 3 unspecified atom stereocenters. The molecule has 3 aromatic rings. The molecule has 3 atom stereocenters. The van der Waals surface area contributed by atoms with E-state index in [0.29, 0.717) is 12.5 Å². The van der Waals surface area contributed by atoms with Crippen LogP contribution in [0.25, 0.3) is 23.8 Å². The van der Waals surface area contributed by atoms with Gasteiger partial charge in [-0.1, -0.05) is 168 Å². The van der Waals surface area contributed by atoms with Crippen molar-refractivity contribution in [3.63, 3.8) is 0 Å². The molecule has 0 aromatic heterocycles. The number of hydrogen-bond donors (Lipinski definition) is 3. The van der Waals surface area contributed by atoms with Gasteiger partial charge in [0, 0.05) is 29.3 Å². The van der Waals surface area contributed by atoms with Gasteiger partial charge in [-0.25, -0.2) is 0 Å². The first-order valence-corrected chi connectivity index (χ1v) is 21.1. The first kappa shape index (κ1) is 47.1. The van der Waals surface area contributed by atoms with Crippen molar-refractivity contribution >= 4 is 18.3 Å². The highest BCUT2D eigenvalue weighted by Crippen LogP contribution is 2.36. The molecule has 3 rings (SSSR count). The van der Waals surface area contributed by atoms with Crippen molar-refractivity contribution in [2.24, 2.45) is 17.8 Å². The molecule has 58 heavy (non-hydrogen) atoms. The van der Waals surface area contributed by atoms with E-state index in [0.717, 1.165) is 82.6 Å². The summed E-state index contributed by atoms with van der Waals surface area (Å²) < 4.78 is 0. The van der Waals surface area contributed by atoms with Gasteiger partial charge in [0.2, 0.25) is 0 Å². The van der Waals surface area contributed by atoms with Gasteiger partial charge in [-0.2, -0.15) is 0 Å². The minimum Gasteiger partial charge on any atom is -0.513 e. The number of benzene rings is 3. The van der Waals surface area contributed by atoms with Crippen molar-refractivity contribution in [1.29, 1.82) is 0 Å². The lowest BCUT2D eigenvalue weighted by Gasteiger charge is -2.31. The van der Waals surface area contributed by atoms with E-state index in [1.54, 1.807) is 0 Å². The maximum absolute atomic E-state index is 9.91. The van der Waals surface area contributed by atoms with E-state index in [1.165, 1.54) is 33.4 Å². The Labute approximate surface area is 352 Å². The second-order valence-electron chi connectivity index (χ2n) is 16.4. The van der Waals surface area contributed by atoms with E-state index >= 15 is 0 Å². The summed E-state index contributed by atoms with van der Waals surface area (Å²) in [4.78, 5) is 0. The van der Waals surface area contributed by atoms with Gasteiger partial charge in [0.05, 0.1) is 12.3 Å². The first-order valence-electron chi connectivity index (χ1n) is 21.1. The monoisotopic (exact) mass is 777 g/mol. The fourth-order valence-corrected chi connectivity index (χ4v) is 7.61. The lowest BCUT2D eigenvalue weighted by molar-refractivity contribution is 0.325. The molecular weight excluding hydrogens is 705 g/mol. The molecule has 3 N–H and O–H groups in total. The number of aliphatic hydroxyl groups is 1. The second-order valence-corrected chi connectivity index (χ2v) is 16.4. The Balaban J connectivity index is 1.74. The van der Waals surface area contributed by atoms with Crippen LogP contribution in [-0.2, 0) is 6.42 Å². The van der Waals surface area contributed by atoms with Crippen LogP contribution in [0.2, 0.25) is 0 Å². The highest BCUT2D eigenvalue weighted by atomic mass is 16.3. The number of rotatable bonds is 23. The van der Waals surface area contributed by atoms with E-state index in [4.69, 9.17) is 0 Å². The second kappa shape index (κ2) is 23.2. The molecule has 308 valence electrons. The molecule has 0 fully saturated rings. The van der Waals surface area contributed by atoms with Gasteiger partial charge in [-0.3, -0.25) is 0 Å². The van der Waals surface area contributed by atoms with Crippen LogP contribution in [0.1, 0.15) is 93.1 Å². The molecule has 0 radical (unpaired) electrons. The van der Waals surface area contributed by atoms with E-state index in [1.807, 2.05) is 6.07 Å². The van der Waals surface area contributed by atoms with Gasteiger partial charge in [-0.15, -0.1) is 0 Å². The number of anilines is 1. The van der Waals surface area contributed by atoms with E-state index in [9.17, 15) is 5.11 Å². The summed E-state index contributed by atoms with van der Waals surface area (Å²) >= 11 is 0. The number of allylic oxidation sites excluding steroid dienone is 9. The Morgan fingerprint density at radius 1 is 0.845 bits per heavy atom. The zero-order valence-corrected chi connectivity index (χ0v) is 37.1. The Morgan fingerprint density at radius 2 is 1.53 bits per heavy atom. The molecule has 0 heterocycles. The summed E-state index contributed by atoms with van der Waals surface area (Å²) in [5.41, 5.74) is 14.1. The minimum atomic E-state index is 0.0446. The molecule has 3 nitrogen and oxygen atoms in total. The van der Waals surface area contributed by atoms with Gasteiger partial charge in [0.25, 0.3) is 0 Å². The zero-order chi connectivity index (χ0) is 42.9. The van der Waals surface area contributed by atoms with Crippen LogP contribution in [0.5, 0.6) is 0 Å². The van der Waals surface area contributed by atoms with Crippen LogP contribution in [0.4, 0.5) is 5.69 Å². The quantitative estimate of drug-likeness (QED) is 0.0510. The SMILES string of the molecule is C=C(CNc1cccc(-c2ccc(CC(CC)C(=C)O)cc2)c1)NC(C(=C)CC(C(=C)C)C(/C=C\C)=C(\CC)C(=C)CCC(/C=c1/ccccc1=C)=C(C)C)C(C)C. The predicted molar refractivity (Wildman–Crippen MR) is 257 cm³/mol. The third-order valence-electron chi connectivity index (χ3n) is 11.2. The number of nitrogens with one attached hydrogen (secondary N) is 2. The third-order valence-corrected chi connectivity index (χ3v) is 11.2. The van der Waals surface area contributed by atoms with Crippen LogP contribution in [0.15, 0.2) is 168 Å². The summed E-state index contributed by atoms with van der Waals surface area (Å²) in [5, 5.41) is 19.4. The fourth-order valence-electron chi connectivity index (χ4n) is 7.61. The zero-order valence-electron chi connectivity index (χ0n) is 37.1.